The zero-order valence-corrected chi connectivity index (χ0v) is 23.4. The van der Waals surface area contributed by atoms with Crippen molar-refractivity contribution in [2.45, 2.75) is 32.1 Å². The first-order valence-corrected chi connectivity index (χ1v) is 13.4. The molecular formula is C29H29ClF3N5O3. The molecule has 0 radical (unpaired) electrons. The Labute approximate surface area is 239 Å². The molecule has 0 unspecified atom stereocenters. The second-order valence-corrected chi connectivity index (χ2v) is 10.4. The van der Waals surface area contributed by atoms with Gasteiger partial charge in [0.25, 0.3) is 5.91 Å². The minimum atomic E-state index is -4.74. The van der Waals surface area contributed by atoms with Crippen LogP contribution in [0.25, 0.3) is 16.9 Å². The average molecular weight is 588 g/mol. The second-order valence-electron chi connectivity index (χ2n) is 10.0. The van der Waals surface area contributed by atoms with E-state index in [0.29, 0.717) is 40.5 Å². The van der Waals surface area contributed by atoms with Crippen LogP contribution in [0.4, 0.5) is 13.2 Å². The Morgan fingerprint density at radius 3 is 2.49 bits per heavy atom. The van der Waals surface area contributed by atoms with Crippen LogP contribution in [0.15, 0.2) is 54.7 Å². The molecule has 1 aliphatic heterocycles. The van der Waals surface area contributed by atoms with Crippen molar-refractivity contribution < 1.29 is 27.8 Å². The SMILES string of the molecule is COc1ccc(-c2nc3c(C(=O)N4CCN([C@@H](CO)c5ccccc5Cl)C[C@H]4C)cnn3c(C(F)(F)F)c2C)cc1. The second kappa shape index (κ2) is 11.3. The van der Waals surface area contributed by atoms with Crippen LogP contribution in [0.2, 0.25) is 5.02 Å². The van der Waals surface area contributed by atoms with Crippen LogP contribution in [0, 0.1) is 6.92 Å². The van der Waals surface area contributed by atoms with Crippen molar-refractivity contribution >= 4 is 23.2 Å². The Morgan fingerprint density at radius 1 is 1.17 bits per heavy atom. The Kier molecular flexibility index (Phi) is 7.95. The third-order valence-electron chi connectivity index (χ3n) is 7.54. The van der Waals surface area contributed by atoms with Gasteiger partial charge in [-0.05, 0) is 49.7 Å². The van der Waals surface area contributed by atoms with Gasteiger partial charge in [-0.15, -0.1) is 0 Å². The number of carbonyl (C=O) groups is 1. The minimum absolute atomic E-state index is 0.0182. The number of carbonyl (C=O) groups excluding carboxylic acids is 1. The number of aliphatic hydroxyl groups excluding tert-OH is 1. The van der Waals surface area contributed by atoms with E-state index in [-0.39, 0.29) is 41.2 Å². The summed E-state index contributed by atoms with van der Waals surface area (Å²) in [6, 6.07) is 13.1. The Morgan fingerprint density at radius 2 is 1.88 bits per heavy atom. The topological polar surface area (TPSA) is 83.2 Å². The highest BCUT2D eigenvalue weighted by Gasteiger charge is 2.40. The van der Waals surface area contributed by atoms with Crippen LogP contribution < -0.4 is 4.74 Å². The number of aromatic nitrogens is 3. The highest BCUT2D eigenvalue weighted by molar-refractivity contribution is 6.31. The van der Waals surface area contributed by atoms with Crippen molar-refractivity contribution in [3.05, 3.63) is 82.1 Å². The molecule has 2 aromatic carbocycles. The minimum Gasteiger partial charge on any atom is -0.497 e. The third-order valence-corrected chi connectivity index (χ3v) is 7.89. The van der Waals surface area contributed by atoms with Crippen molar-refractivity contribution in [2.24, 2.45) is 0 Å². The number of halogens is 4. The molecule has 4 aromatic rings. The number of alkyl halides is 3. The van der Waals surface area contributed by atoms with Crippen LogP contribution >= 0.6 is 11.6 Å². The number of hydrogen-bond donors (Lipinski definition) is 1. The van der Waals surface area contributed by atoms with Crippen LogP contribution in [0.5, 0.6) is 5.75 Å². The van der Waals surface area contributed by atoms with Gasteiger partial charge < -0.3 is 14.7 Å². The van der Waals surface area contributed by atoms with Crippen molar-refractivity contribution in [3.63, 3.8) is 0 Å². The maximum Gasteiger partial charge on any atom is 0.433 e. The molecule has 2 atom stereocenters. The number of rotatable bonds is 6. The summed E-state index contributed by atoms with van der Waals surface area (Å²) in [6.07, 6.45) is -3.59. The fourth-order valence-corrected chi connectivity index (χ4v) is 5.73. The number of methoxy groups -OCH3 is 1. The highest BCUT2D eigenvalue weighted by atomic mass is 35.5. The van der Waals surface area contributed by atoms with E-state index in [0.717, 1.165) is 11.8 Å². The lowest BCUT2D eigenvalue weighted by Gasteiger charge is -2.43. The number of aliphatic hydroxyl groups is 1. The summed E-state index contributed by atoms with van der Waals surface area (Å²) in [6.45, 7) is 4.20. The normalized spacial score (nSPS) is 17.2. The van der Waals surface area contributed by atoms with E-state index in [1.165, 1.54) is 14.0 Å². The van der Waals surface area contributed by atoms with Gasteiger partial charge in [0, 0.05) is 41.8 Å². The van der Waals surface area contributed by atoms with Crippen LogP contribution in [0.3, 0.4) is 0 Å². The van der Waals surface area contributed by atoms with Gasteiger partial charge in [-0.1, -0.05) is 29.8 Å². The summed E-state index contributed by atoms with van der Waals surface area (Å²) < 4.78 is 48.8. The van der Waals surface area contributed by atoms with E-state index in [9.17, 15) is 23.1 Å². The summed E-state index contributed by atoms with van der Waals surface area (Å²) in [5.41, 5.74) is 0.0622. The first kappa shape index (κ1) is 28.8. The van der Waals surface area contributed by atoms with E-state index >= 15 is 0 Å². The van der Waals surface area contributed by atoms with E-state index < -0.39 is 17.8 Å². The fraction of sp³-hybridized carbons (Fsp3) is 0.345. The predicted molar refractivity (Wildman–Crippen MR) is 148 cm³/mol. The molecule has 8 nitrogen and oxygen atoms in total. The lowest BCUT2D eigenvalue weighted by molar-refractivity contribution is -0.143. The first-order valence-electron chi connectivity index (χ1n) is 13.0. The zero-order chi connectivity index (χ0) is 29.5. The molecule has 0 bridgehead atoms. The van der Waals surface area contributed by atoms with Gasteiger partial charge in [0.2, 0.25) is 0 Å². The standard InChI is InChI=1S/C29H29ClF3N5O3/c1-17-15-36(24(16-39)21-6-4-5-7-23(21)30)12-13-37(17)28(40)22-14-34-38-26(29(31,32)33)18(2)25(35-27(22)38)19-8-10-20(41-3)11-9-19/h4-11,14,17,24,39H,12-13,15-16H2,1-3H3/t17-,24+/m1/s1. The van der Waals surface area contributed by atoms with Crippen molar-refractivity contribution in [1.29, 1.82) is 0 Å². The number of benzene rings is 2. The largest absolute Gasteiger partial charge is 0.497 e. The highest BCUT2D eigenvalue weighted by Crippen LogP contribution is 2.37. The quantitative estimate of drug-likeness (QED) is 0.331. The molecule has 1 fully saturated rings. The molecule has 0 saturated carbocycles. The molecule has 0 spiro atoms. The molecule has 2 aromatic heterocycles. The van der Waals surface area contributed by atoms with Gasteiger partial charge in [-0.3, -0.25) is 9.69 Å². The van der Waals surface area contributed by atoms with Crippen LogP contribution in [0.1, 0.15) is 40.1 Å². The molecule has 12 heteroatoms. The Hall–Kier alpha value is -3.67. The molecule has 1 saturated heterocycles. The number of nitrogens with zero attached hydrogens (tertiary/aromatic N) is 5. The molecule has 216 valence electrons. The van der Waals surface area contributed by atoms with Crippen molar-refractivity contribution in [1.82, 2.24) is 24.4 Å². The van der Waals surface area contributed by atoms with Crippen molar-refractivity contribution in [2.75, 3.05) is 33.4 Å². The lowest BCUT2D eigenvalue weighted by Crippen LogP contribution is -2.55. The molecule has 0 aliphatic carbocycles. The van der Waals surface area contributed by atoms with Gasteiger partial charge >= 0.3 is 6.18 Å². The maximum atomic E-state index is 14.3. The van der Waals surface area contributed by atoms with E-state index in [1.54, 1.807) is 35.2 Å². The monoisotopic (exact) mass is 587 g/mol. The molecule has 5 rings (SSSR count). The average Bonchev–Trinajstić information content (AvgIpc) is 3.36. The summed E-state index contributed by atoms with van der Waals surface area (Å²) in [4.78, 5) is 22.0. The molecule has 1 aliphatic rings. The van der Waals surface area contributed by atoms with Gasteiger partial charge in [0.05, 0.1) is 31.6 Å². The number of ether oxygens (including phenoxy) is 1. The maximum absolute atomic E-state index is 14.3. The summed E-state index contributed by atoms with van der Waals surface area (Å²) in [5, 5.41) is 14.7. The third kappa shape index (κ3) is 5.37. The molecular weight excluding hydrogens is 559 g/mol. The first-order chi connectivity index (χ1) is 19.5. The molecule has 3 heterocycles. The van der Waals surface area contributed by atoms with E-state index in [1.807, 2.05) is 25.1 Å². The molecule has 1 amide bonds. The summed E-state index contributed by atoms with van der Waals surface area (Å²) >= 11 is 6.38. The summed E-state index contributed by atoms with van der Waals surface area (Å²) in [7, 11) is 1.50. The van der Waals surface area contributed by atoms with Crippen LogP contribution in [-0.2, 0) is 6.18 Å². The number of hydrogen-bond acceptors (Lipinski definition) is 6. The smallest absolute Gasteiger partial charge is 0.433 e. The van der Waals surface area contributed by atoms with Crippen molar-refractivity contribution in [3.8, 4) is 17.0 Å². The zero-order valence-electron chi connectivity index (χ0n) is 22.7. The number of amides is 1. The number of fused-ring (bicyclic) bond motifs is 1. The molecule has 1 N–H and O–H groups in total. The van der Waals surface area contributed by atoms with E-state index in [2.05, 4.69) is 15.0 Å². The van der Waals surface area contributed by atoms with Gasteiger partial charge in [-0.2, -0.15) is 18.3 Å². The van der Waals surface area contributed by atoms with Crippen LogP contribution in [-0.4, -0.2) is 74.8 Å². The van der Waals surface area contributed by atoms with E-state index in [4.69, 9.17) is 16.3 Å². The Bertz CT molecular complexity index is 1570. The molecule has 41 heavy (non-hydrogen) atoms. The van der Waals surface area contributed by atoms with Gasteiger partial charge in [-0.25, -0.2) is 9.50 Å². The summed E-state index contributed by atoms with van der Waals surface area (Å²) in [5.74, 6) is 0.0884. The predicted octanol–water partition coefficient (Wildman–Crippen LogP) is 5.27. The number of piperazine rings is 1. The fourth-order valence-electron chi connectivity index (χ4n) is 5.47. The van der Waals surface area contributed by atoms with Gasteiger partial charge in [0.15, 0.2) is 11.3 Å². The Balaban J connectivity index is 1.49. The van der Waals surface area contributed by atoms with Gasteiger partial charge in [0.1, 0.15) is 11.3 Å². The lowest BCUT2D eigenvalue weighted by atomic mass is 10.0.